The summed E-state index contributed by atoms with van der Waals surface area (Å²) in [7, 11) is 0. The van der Waals surface area contributed by atoms with E-state index in [1.165, 1.54) is 30.0 Å². The highest BCUT2D eigenvalue weighted by Gasteiger charge is 2.13. The average Bonchev–Trinajstić information content (AvgIpc) is 2.73. The van der Waals surface area contributed by atoms with E-state index < -0.39 is 0 Å². The smallest absolute Gasteiger partial charge is 0.236 e. The van der Waals surface area contributed by atoms with Crippen molar-refractivity contribution in [2.24, 2.45) is 10.1 Å². The van der Waals surface area contributed by atoms with Gasteiger partial charge in [0.15, 0.2) is 0 Å². The standard InChI is InChI=1S/C22H24N4O/c27-26-22(24-18-10-2-1-3-11-18)25-23-15-21-19-12-6-4-8-16(19)14-17-9-5-7-13-20(17)21/h4-9,12-15,18,27H,1-3,10-11H2,(H2,24,25,26)/b23-15+. The minimum Gasteiger partial charge on any atom is -0.288 e. The first-order chi connectivity index (χ1) is 13.3. The molecular weight excluding hydrogens is 336 g/mol. The van der Waals surface area contributed by atoms with Gasteiger partial charge in [-0.15, -0.1) is 0 Å². The lowest BCUT2D eigenvalue weighted by Crippen LogP contribution is -2.33. The van der Waals surface area contributed by atoms with Crippen LogP contribution in [0.3, 0.4) is 0 Å². The SMILES string of the molecule is ONC(=NC1CCCCC1)N/N=C/c1c2ccccc2cc2ccccc12. The summed E-state index contributed by atoms with van der Waals surface area (Å²) in [4.78, 5) is 4.54. The second-order valence-corrected chi connectivity index (χ2v) is 6.98. The van der Waals surface area contributed by atoms with Crippen LogP contribution in [0.15, 0.2) is 64.7 Å². The van der Waals surface area contributed by atoms with Crippen LogP contribution < -0.4 is 10.9 Å². The van der Waals surface area contributed by atoms with Crippen molar-refractivity contribution in [1.82, 2.24) is 10.9 Å². The molecule has 0 aliphatic heterocycles. The summed E-state index contributed by atoms with van der Waals surface area (Å²) in [5, 5.41) is 18.4. The van der Waals surface area contributed by atoms with Crippen LogP contribution in [0, 0.1) is 0 Å². The molecule has 0 atom stereocenters. The zero-order valence-corrected chi connectivity index (χ0v) is 15.2. The third-order valence-corrected chi connectivity index (χ3v) is 5.17. The third-order valence-electron chi connectivity index (χ3n) is 5.17. The molecule has 0 spiro atoms. The normalized spacial score (nSPS) is 16.3. The molecule has 5 nitrogen and oxygen atoms in total. The van der Waals surface area contributed by atoms with Gasteiger partial charge in [0.1, 0.15) is 0 Å². The van der Waals surface area contributed by atoms with Crippen LogP contribution in [0.25, 0.3) is 21.5 Å². The summed E-state index contributed by atoms with van der Waals surface area (Å²) in [6.07, 6.45) is 7.58. The number of aliphatic imine (C=N–C) groups is 1. The number of benzene rings is 3. The Morgan fingerprint density at radius 3 is 2.19 bits per heavy atom. The molecule has 0 amide bonds. The van der Waals surface area contributed by atoms with Crippen LogP contribution in [0.2, 0.25) is 0 Å². The summed E-state index contributed by atoms with van der Waals surface area (Å²) in [6, 6.07) is 19.0. The number of fused-ring (bicyclic) bond motifs is 2. The lowest BCUT2D eigenvalue weighted by molar-refractivity contribution is 0.228. The summed E-state index contributed by atoms with van der Waals surface area (Å²) < 4.78 is 0. The number of nitrogens with one attached hydrogen (secondary N) is 2. The predicted molar refractivity (Wildman–Crippen MR) is 111 cm³/mol. The van der Waals surface area contributed by atoms with Crippen molar-refractivity contribution in [3.63, 3.8) is 0 Å². The van der Waals surface area contributed by atoms with Gasteiger partial charge in [-0.05, 0) is 40.5 Å². The largest absolute Gasteiger partial charge is 0.288 e. The number of rotatable bonds is 3. The number of hydrogen-bond acceptors (Lipinski definition) is 3. The van der Waals surface area contributed by atoms with Crippen molar-refractivity contribution >= 4 is 33.7 Å². The molecular formula is C22H24N4O. The van der Waals surface area contributed by atoms with E-state index in [1.807, 2.05) is 24.3 Å². The fourth-order valence-corrected chi connectivity index (χ4v) is 3.82. The van der Waals surface area contributed by atoms with Crippen molar-refractivity contribution in [2.45, 2.75) is 38.1 Å². The van der Waals surface area contributed by atoms with Crippen molar-refractivity contribution in [3.05, 3.63) is 60.2 Å². The Morgan fingerprint density at radius 2 is 1.56 bits per heavy atom. The molecule has 1 aliphatic carbocycles. The predicted octanol–water partition coefficient (Wildman–Crippen LogP) is 4.58. The van der Waals surface area contributed by atoms with Crippen LogP contribution in [0.1, 0.15) is 37.7 Å². The number of nitrogens with zero attached hydrogens (tertiary/aromatic N) is 2. The van der Waals surface area contributed by atoms with Gasteiger partial charge in [0.05, 0.1) is 12.3 Å². The van der Waals surface area contributed by atoms with Gasteiger partial charge in [0.25, 0.3) is 0 Å². The molecule has 0 unspecified atom stereocenters. The van der Waals surface area contributed by atoms with E-state index in [-0.39, 0.29) is 6.04 Å². The molecule has 0 radical (unpaired) electrons. The maximum Gasteiger partial charge on any atom is 0.236 e. The van der Waals surface area contributed by atoms with Crippen LogP contribution in [0.5, 0.6) is 0 Å². The summed E-state index contributed by atoms with van der Waals surface area (Å²) in [6.45, 7) is 0. The van der Waals surface area contributed by atoms with Crippen molar-refractivity contribution in [2.75, 3.05) is 0 Å². The Bertz CT molecular complexity index is 936. The summed E-state index contributed by atoms with van der Waals surface area (Å²) in [5.41, 5.74) is 6.04. The van der Waals surface area contributed by atoms with Gasteiger partial charge in [-0.3, -0.25) is 5.21 Å². The maximum atomic E-state index is 9.38. The second kappa shape index (κ2) is 8.18. The van der Waals surface area contributed by atoms with E-state index >= 15 is 0 Å². The molecule has 3 aromatic rings. The Kier molecular flexibility index (Phi) is 5.30. The highest BCUT2D eigenvalue weighted by molar-refractivity contribution is 6.13. The van der Waals surface area contributed by atoms with Crippen LogP contribution in [0.4, 0.5) is 0 Å². The fraction of sp³-hybridized carbons (Fsp3) is 0.273. The number of guanidine groups is 1. The van der Waals surface area contributed by atoms with Crippen LogP contribution in [-0.2, 0) is 0 Å². The fourth-order valence-electron chi connectivity index (χ4n) is 3.82. The molecule has 0 heterocycles. The van der Waals surface area contributed by atoms with E-state index in [9.17, 15) is 5.21 Å². The lowest BCUT2D eigenvalue weighted by atomic mass is 9.96. The molecule has 5 heteroatoms. The first-order valence-electron chi connectivity index (χ1n) is 9.52. The molecule has 1 aliphatic rings. The van der Waals surface area contributed by atoms with Gasteiger partial charge in [-0.25, -0.2) is 15.9 Å². The molecule has 4 rings (SSSR count). The Morgan fingerprint density at radius 1 is 0.926 bits per heavy atom. The van der Waals surface area contributed by atoms with E-state index in [2.05, 4.69) is 51.3 Å². The molecule has 3 aromatic carbocycles. The van der Waals surface area contributed by atoms with Gasteiger partial charge in [0, 0.05) is 5.56 Å². The van der Waals surface area contributed by atoms with Crippen LogP contribution >= 0.6 is 0 Å². The van der Waals surface area contributed by atoms with Gasteiger partial charge in [-0.2, -0.15) is 5.10 Å². The second-order valence-electron chi connectivity index (χ2n) is 6.98. The molecule has 1 saturated carbocycles. The molecule has 0 aromatic heterocycles. The average molecular weight is 360 g/mol. The van der Waals surface area contributed by atoms with Gasteiger partial charge in [0.2, 0.25) is 5.96 Å². The van der Waals surface area contributed by atoms with Crippen LogP contribution in [-0.4, -0.2) is 23.4 Å². The van der Waals surface area contributed by atoms with Gasteiger partial charge >= 0.3 is 0 Å². The molecule has 0 bridgehead atoms. The van der Waals surface area contributed by atoms with E-state index in [1.54, 1.807) is 6.21 Å². The first kappa shape index (κ1) is 17.5. The Balaban J connectivity index is 1.64. The van der Waals surface area contributed by atoms with Gasteiger partial charge < -0.3 is 0 Å². The number of hydroxylamine groups is 1. The quantitative estimate of drug-likeness (QED) is 0.277. The lowest BCUT2D eigenvalue weighted by Gasteiger charge is -2.18. The maximum absolute atomic E-state index is 9.38. The highest BCUT2D eigenvalue weighted by Crippen LogP contribution is 2.27. The summed E-state index contributed by atoms with van der Waals surface area (Å²) in [5.74, 6) is 0.294. The monoisotopic (exact) mass is 360 g/mol. The minimum absolute atomic E-state index is 0.245. The van der Waals surface area contributed by atoms with Crippen molar-refractivity contribution in [3.8, 4) is 0 Å². The number of hydrogen-bond donors (Lipinski definition) is 3. The molecule has 138 valence electrons. The zero-order chi connectivity index (χ0) is 18.5. The first-order valence-corrected chi connectivity index (χ1v) is 9.52. The summed E-state index contributed by atoms with van der Waals surface area (Å²) >= 11 is 0. The molecule has 27 heavy (non-hydrogen) atoms. The Hall–Kier alpha value is -2.92. The number of hydrazone groups is 1. The minimum atomic E-state index is 0.245. The molecule has 1 fully saturated rings. The zero-order valence-electron chi connectivity index (χ0n) is 15.2. The van der Waals surface area contributed by atoms with Crippen molar-refractivity contribution < 1.29 is 5.21 Å². The van der Waals surface area contributed by atoms with Gasteiger partial charge in [-0.1, -0.05) is 67.8 Å². The van der Waals surface area contributed by atoms with E-state index in [4.69, 9.17) is 0 Å². The Labute approximate surface area is 158 Å². The molecule has 0 saturated heterocycles. The van der Waals surface area contributed by atoms with E-state index in [0.29, 0.717) is 5.96 Å². The van der Waals surface area contributed by atoms with E-state index in [0.717, 1.165) is 29.2 Å². The molecule has 3 N–H and O–H groups in total. The van der Waals surface area contributed by atoms with Crippen molar-refractivity contribution in [1.29, 1.82) is 0 Å². The highest BCUT2D eigenvalue weighted by atomic mass is 16.5. The third kappa shape index (κ3) is 3.93. The topological polar surface area (TPSA) is 69.0 Å².